The summed E-state index contributed by atoms with van der Waals surface area (Å²) in [6.07, 6.45) is 0.287. The number of rotatable bonds is 4. The molecule has 7 heteroatoms. The van der Waals surface area contributed by atoms with Crippen LogP contribution in [0.4, 0.5) is 4.79 Å². The molecule has 1 saturated heterocycles. The molecule has 2 rings (SSSR count). The van der Waals surface area contributed by atoms with Gasteiger partial charge in [0.1, 0.15) is 0 Å². The second-order valence-electron chi connectivity index (χ2n) is 4.61. The average molecular weight is 418 g/mol. The molecule has 0 atom stereocenters. The number of nitrogens with zero attached hydrogens (tertiary/aromatic N) is 2. The molecule has 1 heterocycles. The average Bonchev–Trinajstić information content (AvgIpc) is 2.50. The van der Waals surface area contributed by atoms with E-state index in [9.17, 15) is 14.4 Å². The third-order valence-electron chi connectivity index (χ3n) is 3.72. The second-order valence-corrected chi connectivity index (χ2v) is 5.62. The highest BCUT2D eigenvalue weighted by molar-refractivity contribution is 9.09. The van der Waals surface area contributed by atoms with Crippen LogP contribution in [0, 0.1) is 0 Å². The van der Waals surface area contributed by atoms with Gasteiger partial charge in [0, 0.05) is 0 Å². The van der Waals surface area contributed by atoms with E-state index < -0.39 is 23.3 Å². The first-order valence-electron chi connectivity index (χ1n) is 6.40. The minimum absolute atomic E-state index is 0.0516. The third-order valence-corrected chi connectivity index (χ3v) is 4.72. The Kier molecular flexibility index (Phi) is 4.83. The van der Waals surface area contributed by atoms with Crippen LogP contribution in [0.2, 0.25) is 0 Å². The molecule has 0 bridgehead atoms. The maximum Gasteiger partial charge on any atom is 0.335 e. The molecule has 0 radical (unpaired) electrons. The van der Waals surface area contributed by atoms with Crippen LogP contribution in [0.1, 0.15) is 18.9 Å². The number of halogens is 2. The molecule has 1 aliphatic heterocycles. The van der Waals surface area contributed by atoms with Crippen LogP contribution in [0.3, 0.4) is 0 Å². The number of hydrogen-bond donors (Lipinski definition) is 0. The van der Waals surface area contributed by atoms with E-state index in [1.807, 2.05) is 6.07 Å². The van der Waals surface area contributed by atoms with Crippen LogP contribution in [0.5, 0.6) is 0 Å². The third kappa shape index (κ3) is 2.32. The van der Waals surface area contributed by atoms with Crippen molar-refractivity contribution in [2.75, 3.05) is 10.9 Å². The van der Waals surface area contributed by atoms with Crippen LogP contribution in [-0.4, -0.2) is 38.6 Å². The summed E-state index contributed by atoms with van der Waals surface area (Å²) in [4.78, 5) is 39.9. The van der Waals surface area contributed by atoms with Crippen molar-refractivity contribution in [1.29, 1.82) is 0 Å². The van der Waals surface area contributed by atoms with Crippen LogP contribution >= 0.6 is 31.9 Å². The Hall–Kier alpha value is -1.21. The second kappa shape index (κ2) is 6.27. The lowest BCUT2D eigenvalue weighted by Crippen LogP contribution is -2.66. The maximum atomic E-state index is 12.8. The Labute approximate surface area is 139 Å². The SMILES string of the molecule is CCC1(c2ccccc2)C(=O)N(CBr)C(=O)N(CBr)C1=O. The van der Waals surface area contributed by atoms with E-state index in [0.29, 0.717) is 5.56 Å². The fourth-order valence-electron chi connectivity index (χ4n) is 2.56. The smallest absolute Gasteiger partial charge is 0.273 e. The zero-order valence-electron chi connectivity index (χ0n) is 11.4. The first-order valence-corrected chi connectivity index (χ1v) is 8.64. The van der Waals surface area contributed by atoms with Gasteiger partial charge in [-0.1, -0.05) is 69.1 Å². The Morgan fingerprint density at radius 2 is 1.43 bits per heavy atom. The van der Waals surface area contributed by atoms with Crippen molar-refractivity contribution in [2.45, 2.75) is 18.8 Å². The van der Waals surface area contributed by atoms with Crippen LogP contribution in [0.25, 0.3) is 0 Å². The van der Waals surface area contributed by atoms with E-state index in [2.05, 4.69) is 31.9 Å². The molecule has 112 valence electrons. The number of imide groups is 2. The number of urea groups is 1. The molecule has 0 aliphatic carbocycles. The molecule has 0 saturated carbocycles. The van der Waals surface area contributed by atoms with Crippen molar-refractivity contribution in [3.63, 3.8) is 0 Å². The predicted octanol–water partition coefficient (Wildman–Crippen LogP) is 2.83. The van der Waals surface area contributed by atoms with Gasteiger partial charge >= 0.3 is 6.03 Å². The van der Waals surface area contributed by atoms with Gasteiger partial charge < -0.3 is 0 Å². The number of carbonyl (C=O) groups excluding carboxylic acids is 3. The molecule has 0 spiro atoms. The van der Waals surface area contributed by atoms with Gasteiger partial charge in [-0.05, 0) is 12.0 Å². The Morgan fingerprint density at radius 3 is 1.81 bits per heavy atom. The number of alkyl halides is 2. The minimum atomic E-state index is -1.35. The Bertz CT molecular complexity index is 551. The fourth-order valence-corrected chi connectivity index (χ4v) is 3.44. The van der Waals surface area contributed by atoms with Crippen molar-refractivity contribution in [3.05, 3.63) is 35.9 Å². The largest absolute Gasteiger partial charge is 0.335 e. The van der Waals surface area contributed by atoms with E-state index in [1.54, 1.807) is 31.2 Å². The van der Waals surface area contributed by atoms with Gasteiger partial charge in [-0.3, -0.25) is 19.4 Å². The zero-order chi connectivity index (χ0) is 15.6. The van der Waals surface area contributed by atoms with Crippen LogP contribution in [0.15, 0.2) is 30.3 Å². The van der Waals surface area contributed by atoms with E-state index >= 15 is 0 Å². The summed E-state index contributed by atoms with van der Waals surface area (Å²) in [7, 11) is 0. The highest BCUT2D eigenvalue weighted by Crippen LogP contribution is 2.37. The molecule has 0 aromatic heterocycles. The quantitative estimate of drug-likeness (QED) is 0.430. The van der Waals surface area contributed by atoms with E-state index in [4.69, 9.17) is 0 Å². The molecule has 1 aromatic carbocycles. The van der Waals surface area contributed by atoms with Crippen molar-refractivity contribution in [3.8, 4) is 0 Å². The normalized spacial score (nSPS) is 18.3. The Morgan fingerprint density at radius 1 is 0.952 bits per heavy atom. The first kappa shape index (κ1) is 16.2. The van der Waals surface area contributed by atoms with Crippen molar-refractivity contribution in [2.24, 2.45) is 0 Å². The molecule has 1 aliphatic rings. The summed E-state index contributed by atoms with van der Waals surface area (Å²) in [5.74, 6) is -0.972. The number of benzene rings is 1. The maximum absolute atomic E-state index is 12.8. The number of barbiturate groups is 1. The van der Waals surface area contributed by atoms with Gasteiger partial charge in [0.2, 0.25) is 0 Å². The van der Waals surface area contributed by atoms with Crippen molar-refractivity contribution >= 4 is 49.7 Å². The summed E-state index contributed by atoms with van der Waals surface area (Å²) in [6, 6.07) is 8.25. The molecule has 4 amide bonds. The summed E-state index contributed by atoms with van der Waals surface area (Å²) >= 11 is 6.31. The molecule has 21 heavy (non-hydrogen) atoms. The standard InChI is InChI=1S/C14H14Br2N2O3/c1-2-14(10-6-4-3-5-7-10)11(19)17(8-15)13(21)18(9-16)12(14)20/h3-7H,2,8-9H2,1H3. The molecule has 1 fully saturated rings. The van der Waals surface area contributed by atoms with Crippen LogP contribution < -0.4 is 0 Å². The lowest BCUT2D eigenvalue weighted by Gasteiger charge is -2.42. The number of carbonyl (C=O) groups is 3. The van der Waals surface area contributed by atoms with Crippen molar-refractivity contribution in [1.82, 2.24) is 9.80 Å². The van der Waals surface area contributed by atoms with Gasteiger partial charge in [0.05, 0.1) is 10.9 Å². The summed E-state index contributed by atoms with van der Waals surface area (Å²) < 4.78 is 0. The lowest BCUT2D eigenvalue weighted by atomic mass is 9.74. The first-order chi connectivity index (χ1) is 10.0. The fraction of sp³-hybridized carbons (Fsp3) is 0.357. The highest BCUT2D eigenvalue weighted by Gasteiger charge is 2.56. The van der Waals surface area contributed by atoms with Gasteiger partial charge in [-0.15, -0.1) is 0 Å². The summed E-state index contributed by atoms with van der Waals surface area (Å²) in [5, 5.41) is 0. The van der Waals surface area contributed by atoms with Gasteiger partial charge in [-0.25, -0.2) is 4.79 Å². The molecule has 1 aromatic rings. The minimum Gasteiger partial charge on any atom is -0.273 e. The topological polar surface area (TPSA) is 57.7 Å². The Balaban J connectivity index is 2.65. The van der Waals surface area contributed by atoms with E-state index in [-0.39, 0.29) is 17.3 Å². The monoisotopic (exact) mass is 416 g/mol. The van der Waals surface area contributed by atoms with Crippen LogP contribution in [-0.2, 0) is 15.0 Å². The highest BCUT2D eigenvalue weighted by atomic mass is 79.9. The van der Waals surface area contributed by atoms with Gasteiger partial charge in [0.15, 0.2) is 5.41 Å². The van der Waals surface area contributed by atoms with Gasteiger partial charge in [-0.2, -0.15) is 0 Å². The number of amides is 4. The molecule has 0 unspecified atom stereocenters. The molecular weight excluding hydrogens is 404 g/mol. The van der Waals surface area contributed by atoms with E-state index in [1.165, 1.54) is 0 Å². The predicted molar refractivity (Wildman–Crippen MR) is 85.1 cm³/mol. The number of hydrogen-bond acceptors (Lipinski definition) is 3. The van der Waals surface area contributed by atoms with E-state index in [0.717, 1.165) is 9.80 Å². The molecule has 0 N–H and O–H groups in total. The molecular formula is C14H14Br2N2O3. The van der Waals surface area contributed by atoms with Gasteiger partial charge in [0.25, 0.3) is 11.8 Å². The summed E-state index contributed by atoms with van der Waals surface area (Å²) in [6.45, 7) is 1.78. The summed E-state index contributed by atoms with van der Waals surface area (Å²) in [5.41, 5.74) is -0.644. The molecule has 5 nitrogen and oxygen atoms in total. The van der Waals surface area contributed by atoms with Crippen molar-refractivity contribution < 1.29 is 14.4 Å². The zero-order valence-corrected chi connectivity index (χ0v) is 14.6. The lowest BCUT2D eigenvalue weighted by molar-refractivity contribution is -0.151.